The molecule has 0 unspecified atom stereocenters. The van der Waals surface area contributed by atoms with Crippen molar-refractivity contribution in [2.75, 3.05) is 0 Å². The van der Waals surface area contributed by atoms with Gasteiger partial charge >= 0.3 is 24.7 Å². The summed E-state index contributed by atoms with van der Waals surface area (Å²) >= 11 is 0. The van der Waals surface area contributed by atoms with E-state index in [0.717, 1.165) is 24.3 Å². The van der Waals surface area contributed by atoms with Crippen molar-refractivity contribution in [3.05, 3.63) is 156 Å². The van der Waals surface area contributed by atoms with Crippen molar-refractivity contribution in [2.45, 2.75) is 24.7 Å². The summed E-state index contributed by atoms with van der Waals surface area (Å²) in [5, 5.41) is -0.422. The third kappa shape index (κ3) is 7.57. The number of benzene rings is 6. The highest BCUT2D eigenvalue weighted by Gasteiger charge is 2.38. The highest BCUT2D eigenvalue weighted by molar-refractivity contribution is 6.10. The van der Waals surface area contributed by atoms with E-state index in [4.69, 9.17) is 0 Å². The van der Waals surface area contributed by atoms with Gasteiger partial charge in [0, 0.05) is 33.2 Å². The molecule has 0 atom stereocenters. The van der Waals surface area contributed by atoms with E-state index < -0.39 is 52.5 Å². The molecule has 8 aromatic rings. The normalized spacial score (nSPS) is 12.7. The first-order valence-corrected chi connectivity index (χ1v) is 17.3. The van der Waals surface area contributed by atoms with Crippen LogP contribution in [0.15, 0.2) is 133 Å². The molecule has 2 heterocycles. The van der Waals surface area contributed by atoms with Crippen LogP contribution in [0.5, 0.6) is 0 Å². The fraction of sp³-hybridized carbons (Fsp3) is 0.0930. The molecule has 0 radical (unpaired) electrons. The molecule has 59 heavy (non-hydrogen) atoms. The van der Waals surface area contributed by atoms with Crippen LogP contribution >= 0.6 is 0 Å². The van der Waals surface area contributed by atoms with Gasteiger partial charge < -0.3 is 4.57 Å². The Kier molecular flexibility index (Phi) is 9.28. The Balaban J connectivity index is 1.47. The molecule has 298 valence electrons. The summed E-state index contributed by atoms with van der Waals surface area (Å²) in [5.74, 6) is -0.0795. The molecule has 0 N–H and O–H groups in total. The van der Waals surface area contributed by atoms with Gasteiger partial charge in [-0.25, -0.2) is 15.0 Å². The maximum Gasteiger partial charge on any atom is 0.416 e. The fourth-order valence-electron chi connectivity index (χ4n) is 6.80. The van der Waals surface area contributed by atoms with Gasteiger partial charge in [0.2, 0.25) is 0 Å². The van der Waals surface area contributed by atoms with Gasteiger partial charge in [-0.3, -0.25) is 0 Å². The van der Waals surface area contributed by atoms with Crippen LogP contribution < -0.4 is 0 Å². The topological polar surface area (TPSA) is 43.6 Å². The monoisotopic (exact) mass is 822 g/mol. The second-order valence-corrected chi connectivity index (χ2v) is 13.4. The van der Waals surface area contributed by atoms with Gasteiger partial charge in [-0.1, -0.05) is 66.7 Å². The zero-order valence-corrected chi connectivity index (χ0v) is 29.5. The van der Waals surface area contributed by atoms with Crippen LogP contribution in [0.1, 0.15) is 22.3 Å². The van der Waals surface area contributed by atoms with Crippen LogP contribution in [0.4, 0.5) is 52.7 Å². The number of fused-ring (bicyclic) bond motifs is 3. The first-order chi connectivity index (χ1) is 27.8. The van der Waals surface area contributed by atoms with Gasteiger partial charge in [0.15, 0.2) is 17.5 Å². The maximum absolute atomic E-state index is 14.2. The van der Waals surface area contributed by atoms with E-state index in [9.17, 15) is 52.7 Å². The van der Waals surface area contributed by atoms with E-state index >= 15 is 0 Å². The van der Waals surface area contributed by atoms with Crippen LogP contribution in [-0.2, 0) is 24.7 Å². The Morgan fingerprint density at radius 3 is 1.19 bits per heavy atom. The molecule has 0 amide bonds. The number of nitrogens with zero attached hydrogens (tertiary/aromatic N) is 4. The molecule has 0 aliphatic carbocycles. The molecular weight excluding hydrogens is 800 g/mol. The van der Waals surface area contributed by atoms with Crippen molar-refractivity contribution in [3.8, 4) is 51.0 Å². The number of halogens is 12. The Bertz CT molecular complexity index is 2710. The summed E-state index contributed by atoms with van der Waals surface area (Å²) in [6, 6.07) is 26.7. The Labute approximate surface area is 325 Å². The van der Waals surface area contributed by atoms with Gasteiger partial charge in [-0.15, -0.1) is 0 Å². The number of alkyl halides is 12. The molecule has 0 aliphatic heterocycles. The van der Waals surface area contributed by atoms with Crippen LogP contribution in [0.3, 0.4) is 0 Å². The van der Waals surface area contributed by atoms with Gasteiger partial charge in [-0.2, -0.15) is 52.7 Å². The number of aromatic nitrogens is 4. The molecule has 2 aromatic heterocycles. The summed E-state index contributed by atoms with van der Waals surface area (Å²) in [5.41, 5.74) is -5.39. The SMILES string of the molecule is FC(F)(F)c1cc(-c2ccc(-n3c4ccc(C(F)(F)F)cc4c4cc(C(F)(F)F)ccc43)cc2-c2nc(-c3ccccc3)nc(-c3ccccc3)n2)cc(C(F)(F)F)c1. The van der Waals surface area contributed by atoms with Crippen molar-refractivity contribution in [1.29, 1.82) is 0 Å². The first-order valence-electron chi connectivity index (χ1n) is 17.3. The lowest BCUT2D eigenvalue weighted by atomic mass is 9.94. The maximum atomic E-state index is 14.2. The van der Waals surface area contributed by atoms with Crippen molar-refractivity contribution >= 4 is 21.8 Å². The van der Waals surface area contributed by atoms with Crippen LogP contribution in [-0.4, -0.2) is 19.5 Å². The van der Waals surface area contributed by atoms with Crippen molar-refractivity contribution in [2.24, 2.45) is 0 Å². The lowest BCUT2D eigenvalue weighted by molar-refractivity contribution is -0.143. The van der Waals surface area contributed by atoms with Gasteiger partial charge in [0.25, 0.3) is 0 Å². The third-order valence-electron chi connectivity index (χ3n) is 9.52. The highest BCUT2D eigenvalue weighted by atomic mass is 19.4. The van der Waals surface area contributed by atoms with Gasteiger partial charge in [-0.05, 0) is 77.9 Å². The quantitative estimate of drug-likeness (QED) is 0.162. The Hall–Kier alpha value is -6.71. The second-order valence-electron chi connectivity index (χ2n) is 13.4. The van der Waals surface area contributed by atoms with E-state index in [0.29, 0.717) is 35.4 Å². The van der Waals surface area contributed by atoms with E-state index in [-0.39, 0.29) is 62.2 Å². The first kappa shape index (κ1) is 39.1. The molecule has 0 saturated heterocycles. The third-order valence-corrected chi connectivity index (χ3v) is 9.52. The molecule has 0 saturated carbocycles. The Morgan fingerprint density at radius 1 is 0.339 bits per heavy atom. The minimum Gasteiger partial charge on any atom is -0.309 e. The molecule has 0 aliphatic rings. The minimum absolute atomic E-state index is 0.00930. The van der Waals surface area contributed by atoms with E-state index in [1.54, 1.807) is 60.7 Å². The lowest BCUT2D eigenvalue weighted by Crippen LogP contribution is -2.11. The molecule has 0 spiro atoms. The average Bonchev–Trinajstić information content (AvgIpc) is 3.53. The van der Waals surface area contributed by atoms with Gasteiger partial charge in [0.1, 0.15) is 0 Å². The van der Waals surface area contributed by atoms with E-state index in [1.807, 2.05) is 0 Å². The number of hydrogen-bond acceptors (Lipinski definition) is 3. The van der Waals surface area contributed by atoms with Crippen molar-refractivity contribution in [1.82, 2.24) is 19.5 Å². The van der Waals surface area contributed by atoms with E-state index in [1.165, 1.54) is 22.8 Å². The molecule has 0 bridgehead atoms. The van der Waals surface area contributed by atoms with Crippen molar-refractivity contribution < 1.29 is 52.7 Å². The summed E-state index contributed by atoms with van der Waals surface area (Å²) in [6.07, 6.45) is -20.2. The predicted molar refractivity (Wildman–Crippen MR) is 196 cm³/mol. The predicted octanol–water partition coefficient (Wildman–Crippen LogP) is 13.7. The number of rotatable bonds is 5. The highest BCUT2D eigenvalue weighted by Crippen LogP contribution is 2.44. The molecular formula is C43H22F12N4. The number of hydrogen-bond donors (Lipinski definition) is 0. The molecule has 4 nitrogen and oxygen atoms in total. The Morgan fingerprint density at radius 2 is 0.763 bits per heavy atom. The van der Waals surface area contributed by atoms with Crippen LogP contribution in [0.2, 0.25) is 0 Å². The molecule has 16 heteroatoms. The smallest absolute Gasteiger partial charge is 0.309 e. The summed E-state index contributed by atoms with van der Waals surface area (Å²) in [4.78, 5) is 13.8. The van der Waals surface area contributed by atoms with Gasteiger partial charge in [0.05, 0.1) is 33.3 Å². The van der Waals surface area contributed by atoms with Crippen LogP contribution in [0, 0.1) is 0 Å². The van der Waals surface area contributed by atoms with E-state index in [2.05, 4.69) is 15.0 Å². The summed E-state index contributed by atoms with van der Waals surface area (Å²) < 4.78 is 170. The summed E-state index contributed by atoms with van der Waals surface area (Å²) in [6.45, 7) is 0. The zero-order valence-electron chi connectivity index (χ0n) is 29.5. The zero-order chi connectivity index (χ0) is 42.1. The molecule has 6 aromatic carbocycles. The lowest BCUT2D eigenvalue weighted by Gasteiger charge is -2.18. The molecule has 8 rings (SSSR count). The van der Waals surface area contributed by atoms with Crippen molar-refractivity contribution in [3.63, 3.8) is 0 Å². The average molecular weight is 823 g/mol. The molecule has 0 fully saturated rings. The largest absolute Gasteiger partial charge is 0.416 e. The standard InChI is InChI=1S/C43H22F12N4/c44-40(45,46)26-11-15-35-32(20-26)33-21-27(41(47,48)49)12-16-36(33)59(35)30-13-14-31(25-17-28(42(50,51)52)19-29(18-25)43(53,54)55)34(22-30)39-57-37(23-7-3-1-4-8-23)56-38(58-39)24-9-5-2-6-10-24/h1-22H. The minimum atomic E-state index is -5.21. The summed E-state index contributed by atoms with van der Waals surface area (Å²) in [7, 11) is 0. The fourth-order valence-corrected chi connectivity index (χ4v) is 6.80. The van der Waals surface area contributed by atoms with Crippen LogP contribution in [0.25, 0.3) is 72.8 Å². The second kappa shape index (κ2) is 14.0.